The van der Waals surface area contributed by atoms with Crippen molar-refractivity contribution < 1.29 is 27.3 Å². The highest BCUT2D eigenvalue weighted by atomic mass is 19.4. The molecule has 1 aliphatic carbocycles. The Morgan fingerprint density at radius 3 is 2.19 bits per heavy atom. The lowest BCUT2D eigenvalue weighted by Gasteiger charge is -2.32. The van der Waals surface area contributed by atoms with Gasteiger partial charge in [0, 0.05) is 5.92 Å². The second-order valence-electron chi connectivity index (χ2n) is 8.01. The van der Waals surface area contributed by atoms with Crippen LogP contribution in [0.15, 0.2) is 18.2 Å². The Labute approximate surface area is 151 Å². The van der Waals surface area contributed by atoms with Crippen molar-refractivity contribution in [2.45, 2.75) is 64.3 Å². The Morgan fingerprint density at radius 2 is 1.73 bits per heavy atom. The maximum absolute atomic E-state index is 13.5. The normalized spacial score (nSPS) is 22.2. The summed E-state index contributed by atoms with van der Waals surface area (Å²) in [6.07, 6.45) is -2.22. The first-order valence-electron chi connectivity index (χ1n) is 8.78. The molecule has 4 nitrogen and oxygen atoms in total. The lowest BCUT2D eigenvalue weighted by atomic mass is 9.78. The highest BCUT2D eigenvalue weighted by Gasteiger charge is 2.52. The summed E-state index contributed by atoms with van der Waals surface area (Å²) in [6.45, 7) is 7.35. The third-order valence-corrected chi connectivity index (χ3v) is 5.61. The van der Waals surface area contributed by atoms with Gasteiger partial charge in [-0.3, -0.25) is 4.79 Å². The van der Waals surface area contributed by atoms with E-state index in [-0.39, 0.29) is 23.0 Å². The smallest absolute Gasteiger partial charge is 0.399 e. The number of alkyl halides is 3. The molecule has 1 heterocycles. The molecule has 2 aliphatic rings. The Kier molecular flexibility index (Phi) is 4.64. The minimum Gasteiger partial charge on any atom is -0.399 e. The van der Waals surface area contributed by atoms with Gasteiger partial charge in [-0.15, -0.1) is 0 Å². The van der Waals surface area contributed by atoms with Gasteiger partial charge in [0.15, 0.2) is 0 Å². The molecule has 0 radical (unpaired) electrons. The molecule has 1 aromatic carbocycles. The Morgan fingerprint density at radius 1 is 1.15 bits per heavy atom. The van der Waals surface area contributed by atoms with Crippen LogP contribution in [0, 0.1) is 5.92 Å². The molecule has 1 N–H and O–H groups in total. The topological polar surface area (TPSA) is 47.6 Å². The first-order chi connectivity index (χ1) is 11.9. The highest BCUT2D eigenvalue weighted by molar-refractivity contribution is 6.62. The molecule has 1 saturated heterocycles. The first kappa shape index (κ1) is 19.2. The van der Waals surface area contributed by atoms with Crippen LogP contribution in [-0.4, -0.2) is 24.2 Å². The summed E-state index contributed by atoms with van der Waals surface area (Å²) >= 11 is 0. The van der Waals surface area contributed by atoms with Crippen LogP contribution in [-0.2, 0) is 20.3 Å². The fraction of sp³-hybridized carbons (Fsp3) is 0.611. The number of amides is 1. The molecule has 142 valence electrons. The van der Waals surface area contributed by atoms with Crippen LogP contribution in [0.2, 0.25) is 0 Å². The molecule has 2 fully saturated rings. The quantitative estimate of drug-likeness (QED) is 0.826. The Hall–Kier alpha value is -1.54. The maximum atomic E-state index is 13.5. The minimum atomic E-state index is -4.60. The van der Waals surface area contributed by atoms with Gasteiger partial charge in [0.1, 0.15) is 0 Å². The van der Waals surface area contributed by atoms with E-state index in [4.69, 9.17) is 9.31 Å². The van der Waals surface area contributed by atoms with E-state index in [9.17, 15) is 18.0 Å². The largest absolute Gasteiger partial charge is 0.494 e. The molecular formula is C18H23BF3NO3. The molecule has 1 aliphatic heterocycles. The van der Waals surface area contributed by atoms with E-state index in [1.807, 2.05) is 27.7 Å². The number of carbonyl (C=O) groups is 1. The van der Waals surface area contributed by atoms with Crippen molar-refractivity contribution >= 4 is 24.2 Å². The second-order valence-corrected chi connectivity index (χ2v) is 8.01. The summed E-state index contributed by atoms with van der Waals surface area (Å²) in [6, 6.07) is 3.78. The summed E-state index contributed by atoms with van der Waals surface area (Å²) in [5.41, 5.74) is -2.13. The molecule has 1 amide bonds. The zero-order chi connectivity index (χ0) is 19.3. The van der Waals surface area contributed by atoms with Crippen LogP contribution >= 0.6 is 0 Å². The van der Waals surface area contributed by atoms with Gasteiger partial charge in [-0.25, -0.2) is 0 Å². The number of rotatable bonds is 3. The van der Waals surface area contributed by atoms with Crippen LogP contribution < -0.4 is 10.8 Å². The Balaban J connectivity index is 1.89. The molecule has 26 heavy (non-hydrogen) atoms. The van der Waals surface area contributed by atoms with E-state index in [1.54, 1.807) is 0 Å². The third-order valence-electron chi connectivity index (χ3n) is 5.61. The average molecular weight is 369 g/mol. The minimum absolute atomic E-state index is 0.196. The molecular weight excluding hydrogens is 346 g/mol. The number of nitrogens with one attached hydrogen (secondary N) is 1. The van der Waals surface area contributed by atoms with Crippen molar-refractivity contribution in [3.05, 3.63) is 23.8 Å². The van der Waals surface area contributed by atoms with Crippen molar-refractivity contribution in [3.8, 4) is 0 Å². The second kappa shape index (κ2) is 6.27. The van der Waals surface area contributed by atoms with Crippen LogP contribution in [0.25, 0.3) is 0 Å². The summed E-state index contributed by atoms with van der Waals surface area (Å²) in [4.78, 5) is 12.1. The van der Waals surface area contributed by atoms with E-state index in [1.165, 1.54) is 12.1 Å². The fourth-order valence-corrected chi connectivity index (χ4v) is 2.94. The van der Waals surface area contributed by atoms with Gasteiger partial charge in [0.25, 0.3) is 0 Å². The van der Waals surface area contributed by atoms with Crippen molar-refractivity contribution in [2.24, 2.45) is 5.92 Å². The van der Waals surface area contributed by atoms with Crippen LogP contribution in [0.3, 0.4) is 0 Å². The summed E-state index contributed by atoms with van der Waals surface area (Å²) < 4.78 is 52.3. The highest BCUT2D eigenvalue weighted by Crippen LogP contribution is 2.39. The number of anilines is 1. The maximum Gasteiger partial charge on any atom is 0.494 e. The van der Waals surface area contributed by atoms with Crippen LogP contribution in [0.5, 0.6) is 0 Å². The van der Waals surface area contributed by atoms with E-state index in [0.29, 0.717) is 0 Å². The molecule has 0 spiro atoms. The van der Waals surface area contributed by atoms with Gasteiger partial charge in [-0.1, -0.05) is 12.5 Å². The van der Waals surface area contributed by atoms with Crippen molar-refractivity contribution in [1.82, 2.24) is 0 Å². The van der Waals surface area contributed by atoms with Crippen molar-refractivity contribution in [3.63, 3.8) is 0 Å². The van der Waals surface area contributed by atoms with Crippen molar-refractivity contribution in [2.75, 3.05) is 5.32 Å². The predicted molar refractivity (Wildman–Crippen MR) is 93.1 cm³/mol. The standard InChI is InChI=1S/C18H23BF3NO3/c1-16(2)17(3,4)26-19(25-16)12-8-9-14(13(10-12)18(20,21)22)23-15(24)11-6-5-7-11/h8-11H,5-7H2,1-4H3,(H,23,24). The lowest BCUT2D eigenvalue weighted by molar-refractivity contribution is -0.137. The van der Waals surface area contributed by atoms with Crippen LogP contribution in [0.4, 0.5) is 18.9 Å². The fourth-order valence-electron chi connectivity index (χ4n) is 2.94. The van der Waals surface area contributed by atoms with Gasteiger partial charge < -0.3 is 14.6 Å². The lowest BCUT2D eigenvalue weighted by Crippen LogP contribution is -2.41. The van der Waals surface area contributed by atoms with Gasteiger partial charge in [0.05, 0.1) is 22.5 Å². The van der Waals surface area contributed by atoms with E-state index in [2.05, 4.69) is 5.32 Å². The summed E-state index contributed by atoms with van der Waals surface area (Å²) in [5.74, 6) is -0.552. The molecule has 1 saturated carbocycles. The van der Waals surface area contributed by atoms with E-state index < -0.39 is 30.1 Å². The molecule has 0 bridgehead atoms. The average Bonchev–Trinajstić information content (AvgIpc) is 2.64. The third kappa shape index (κ3) is 3.49. The molecule has 0 atom stereocenters. The number of carbonyl (C=O) groups excluding carboxylic acids is 1. The number of benzene rings is 1. The Bertz CT molecular complexity index is 698. The van der Waals surface area contributed by atoms with Crippen LogP contribution in [0.1, 0.15) is 52.5 Å². The van der Waals surface area contributed by atoms with E-state index in [0.717, 1.165) is 25.3 Å². The first-order valence-corrected chi connectivity index (χ1v) is 8.78. The van der Waals surface area contributed by atoms with Gasteiger partial charge in [-0.05, 0) is 58.1 Å². The number of hydrogen-bond acceptors (Lipinski definition) is 3. The van der Waals surface area contributed by atoms with E-state index >= 15 is 0 Å². The molecule has 8 heteroatoms. The molecule has 0 aromatic heterocycles. The monoisotopic (exact) mass is 369 g/mol. The summed E-state index contributed by atoms with van der Waals surface area (Å²) in [7, 11) is -0.891. The number of halogens is 3. The van der Waals surface area contributed by atoms with Gasteiger partial charge in [-0.2, -0.15) is 13.2 Å². The molecule has 0 unspecified atom stereocenters. The predicted octanol–water partition coefficient (Wildman–Crippen LogP) is 3.74. The molecule has 3 rings (SSSR count). The SMILES string of the molecule is CC1(C)OB(c2ccc(NC(=O)C3CCC3)c(C(F)(F)F)c2)OC1(C)C. The van der Waals surface area contributed by atoms with Gasteiger partial charge >= 0.3 is 13.3 Å². The number of hydrogen-bond donors (Lipinski definition) is 1. The summed E-state index contributed by atoms with van der Waals surface area (Å²) in [5, 5.41) is 2.43. The van der Waals surface area contributed by atoms with Gasteiger partial charge in [0.2, 0.25) is 5.91 Å². The molecule has 1 aromatic rings. The zero-order valence-electron chi connectivity index (χ0n) is 15.4. The zero-order valence-corrected chi connectivity index (χ0v) is 15.4. The van der Waals surface area contributed by atoms with Crippen molar-refractivity contribution in [1.29, 1.82) is 0 Å².